The first kappa shape index (κ1) is 22.0. The predicted octanol–water partition coefficient (Wildman–Crippen LogP) is 4.63. The number of hydrogen-bond acceptors (Lipinski definition) is 6. The van der Waals surface area contributed by atoms with Crippen LogP contribution in [-0.2, 0) is 19.4 Å². The van der Waals surface area contributed by atoms with E-state index in [1.165, 1.54) is 11.1 Å². The molecule has 180 valence electrons. The SMILES string of the molecule is CCOc1nc2cccnc2n1Cc1ccc2c(c1)CCc1ccccc1/C2=C(/C)c1noc(=O)[nH]1. The van der Waals surface area contributed by atoms with Gasteiger partial charge in [0, 0.05) is 11.8 Å². The van der Waals surface area contributed by atoms with E-state index in [-0.39, 0.29) is 0 Å². The first-order valence-electron chi connectivity index (χ1n) is 12.0. The summed E-state index contributed by atoms with van der Waals surface area (Å²) in [6, 6.07) is 19.4. The number of pyridine rings is 1. The molecule has 8 nitrogen and oxygen atoms in total. The molecule has 6 rings (SSSR count). The van der Waals surface area contributed by atoms with Crippen LogP contribution in [0.25, 0.3) is 22.3 Å². The Balaban J connectivity index is 1.47. The van der Waals surface area contributed by atoms with Crippen molar-refractivity contribution >= 4 is 22.3 Å². The van der Waals surface area contributed by atoms with Crippen molar-refractivity contribution in [2.24, 2.45) is 0 Å². The van der Waals surface area contributed by atoms with Crippen LogP contribution in [0.15, 0.2) is 70.1 Å². The number of aryl methyl sites for hydroxylation is 2. The van der Waals surface area contributed by atoms with Gasteiger partial charge in [-0.25, -0.2) is 9.78 Å². The molecule has 1 aliphatic rings. The predicted molar refractivity (Wildman–Crippen MR) is 137 cm³/mol. The van der Waals surface area contributed by atoms with Crippen LogP contribution in [0.5, 0.6) is 6.01 Å². The summed E-state index contributed by atoms with van der Waals surface area (Å²) in [7, 11) is 0. The third-order valence-corrected chi connectivity index (χ3v) is 6.64. The summed E-state index contributed by atoms with van der Waals surface area (Å²) >= 11 is 0. The molecular formula is C28H25N5O3. The van der Waals surface area contributed by atoms with Crippen molar-refractivity contribution in [1.82, 2.24) is 24.7 Å². The van der Waals surface area contributed by atoms with E-state index in [0.29, 0.717) is 25.0 Å². The molecule has 0 amide bonds. The number of allylic oxidation sites excluding steroid dienone is 1. The fourth-order valence-electron chi connectivity index (χ4n) is 5.01. The van der Waals surface area contributed by atoms with Gasteiger partial charge in [-0.15, -0.1) is 0 Å². The molecule has 1 N–H and O–H groups in total. The van der Waals surface area contributed by atoms with Gasteiger partial charge in [0.2, 0.25) is 0 Å². The monoisotopic (exact) mass is 479 g/mol. The summed E-state index contributed by atoms with van der Waals surface area (Å²) in [5.74, 6) is -0.118. The average Bonchev–Trinajstić information content (AvgIpc) is 3.43. The summed E-state index contributed by atoms with van der Waals surface area (Å²) in [6.07, 6.45) is 3.59. The van der Waals surface area contributed by atoms with Crippen LogP contribution in [0.1, 0.15) is 47.5 Å². The van der Waals surface area contributed by atoms with Crippen molar-refractivity contribution in [2.75, 3.05) is 6.61 Å². The second-order valence-corrected chi connectivity index (χ2v) is 8.85. The Morgan fingerprint density at radius 2 is 1.92 bits per heavy atom. The standard InChI is InChI=1S/C28H25N5O3/c1-3-35-27-30-23-9-6-14-29-26(23)33(27)16-18-10-13-22-20(15-18)12-11-19-7-4-5-8-21(19)24(22)17(2)25-31-28(34)36-32-25/h4-10,13-15H,3,11-12,16H2,1-2H3,(H,31,32,34)/b24-17+. The van der Waals surface area contributed by atoms with Crippen LogP contribution >= 0.6 is 0 Å². The molecule has 0 saturated heterocycles. The van der Waals surface area contributed by atoms with Gasteiger partial charge in [-0.2, -0.15) is 4.98 Å². The number of aromatic amines is 1. The van der Waals surface area contributed by atoms with Gasteiger partial charge in [0.05, 0.1) is 13.2 Å². The van der Waals surface area contributed by atoms with Crippen LogP contribution in [0.2, 0.25) is 0 Å². The van der Waals surface area contributed by atoms with Gasteiger partial charge >= 0.3 is 5.76 Å². The van der Waals surface area contributed by atoms with E-state index in [0.717, 1.165) is 51.8 Å². The van der Waals surface area contributed by atoms with Crippen molar-refractivity contribution in [2.45, 2.75) is 33.2 Å². The lowest BCUT2D eigenvalue weighted by Gasteiger charge is -2.16. The van der Waals surface area contributed by atoms with Gasteiger partial charge in [-0.1, -0.05) is 47.6 Å². The molecule has 0 saturated carbocycles. The zero-order chi connectivity index (χ0) is 24.6. The van der Waals surface area contributed by atoms with Crippen LogP contribution < -0.4 is 10.5 Å². The molecule has 1 aliphatic carbocycles. The molecule has 0 radical (unpaired) electrons. The first-order valence-corrected chi connectivity index (χ1v) is 12.0. The molecule has 0 aliphatic heterocycles. The molecule has 3 heterocycles. The Bertz CT molecular complexity index is 1670. The lowest BCUT2D eigenvalue weighted by molar-refractivity contribution is 0.301. The fourth-order valence-corrected chi connectivity index (χ4v) is 5.01. The van der Waals surface area contributed by atoms with E-state index in [9.17, 15) is 4.79 Å². The minimum atomic E-state index is -0.561. The lowest BCUT2D eigenvalue weighted by Crippen LogP contribution is -2.07. The number of fused-ring (bicyclic) bond motifs is 3. The molecule has 8 heteroatoms. The Morgan fingerprint density at radius 1 is 1.08 bits per heavy atom. The highest BCUT2D eigenvalue weighted by Gasteiger charge is 2.23. The Labute approximate surface area is 207 Å². The molecule has 0 atom stereocenters. The number of H-pyrrole nitrogens is 1. The van der Waals surface area contributed by atoms with Gasteiger partial charge in [0.15, 0.2) is 11.5 Å². The number of aromatic nitrogens is 5. The van der Waals surface area contributed by atoms with Crippen molar-refractivity contribution in [3.8, 4) is 6.01 Å². The third-order valence-electron chi connectivity index (χ3n) is 6.64. The van der Waals surface area contributed by atoms with Gasteiger partial charge in [0.1, 0.15) is 5.52 Å². The molecular weight excluding hydrogens is 454 g/mol. The number of nitrogens with one attached hydrogen (secondary N) is 1. The molecule has 3 aromatic heterocycles. The smallest absolute Gasteiger partial charge is 0.439 e. The molecule has 0 unspecified atom stereocenters. The Kier molecular flexibility index (Phi) is 5.48. The summed E-state index contributed by atoms with van der Waals surface area (Å²) in [5, 5.41) is 3.96. The number of benzene rings is 2. The molecule has 0 fully saturated rings. The van der Waals surface area contributed by atoms with E-state index in [1.807, 2.05) is 36.6 Å². The van der Waals surface area contributed by atoms with Gasteiger partial charge in [0.25, 0.3) is 6.01 Å². The van der Waals surface area contributed by atoms with Crippen LogP contribution in [-0.4, -0.2) is 31.3 Å². The van der Waals surface area contributed by atoms with E-state index in [2.05, 4.69) is 56.5 Å². The molecule has 2 aromatic carbocycles. The number of ether oxygens (including phenoxy) is 1. The maximum Gasteiger partial charge on any atom is 0.439 e. The summed E-state index contributed by atoms with van der Waals surface area (Å²) in [5.41, 5.74) is 9.45. The zero-order valence-electron chi connectivity index (χ0n) is 20.1. The van der Waals surface area contributed by atoms with E-state index < -0.39 is 5.76 Å². The van der Waals surface area contributed by atoms with Crippen LogP contribution in [0.4, 0.5) is 0 Å². The maximum atomic E-state index is 11.7. The minimum absolute atomic E-state index is 0.444. The molecule has 5 aromatic rings. The van der Waals surface area contributed by atoms with Crippen LogP contribution in [0.3, 0.4) is 0 Å². The topological polar surface area (TPSA) is 98.8 Å². The van der Waals surface area contributed by atoms with Gasteiger partial charge < -0.3 is 4.74 Å². The minimum Gasteiger partial charge on any atom is -0.465 e. The highest BCUT2D eigenvalue weighted by atomic mass is 16.5. The molecule has 0 bridgehead atoms. The summed E-state index contributed by atoms with van der Waals surface area (Å²) in [6.45, 7) is 5.05. The second kappa shape index (κ2) is 8.96. The van der Waals surface area contributed by atoms with Crippen molar-refractivity contribution in [3.05, 3.63) is 105 Å². The number of rotatable bonds is 5. The van der Waals surface area contributed by atoms with Crippen molar-refractivity contribution in [1.29, 1.82) is 0 Å². The average molecular weight is 480 g/mol. The Hall–Kier alpha value is -4.46. The highest BCUT2D eigenvalue weighted by Crippen LogP contribution is 2.38. The lowest BCUT2D eigenvalue weighted by atomic mass is 9.89. The quantitative estimate of drug-likeness (QED) is 0.395. The normalized spacial score (nSPS) is 14.3. The third kappa shape index (κ3) is 3.80. The van der Waals surface area contributed by atoms with E-state index in [4.69, 9.17) is 9.26 Å². The summed E-state index contributed by atoms with van der Waals surface area (Å²) < 4.78 is 12.7. The first-order chi connectivity index (χ1) is 17.6. The number of nitrogens with zero attached hydrogens (tertiary/aromatic N) is 4. The number of hydrogen-bond donors (Lipinski definition) is 1. The Morgan fingerprint density at radius 3 is 2.75 bits per heavy atom. The van der Waals surface area contributed by atoms with Crippen molar-refractivity contribution < 1.29 is 9.26 Å². The maximum absolute atomic E-state index is 11.7. The van der Waals surface area contributed by atoms with Gasteiger partial charge in [-0.3, -0.25) is 14.1 Å². The van der Waals surface area contributed by atoms with E-state index >= 15 is 0 Å². The zero-order valence-corrected chi connectivity index (χ0v) is 20.1. The highest BCUT2D eigenvalue weighted by molar-refractivity contribution is 5.98. The molecule has 0 spiro atoms. The fraction of sp³-hybridized carbons (Fsp3) is 0.214. The van der Waals surface area contributed by atoms with Crippen molar-refractivity contribution in [3.63, 3.8) is 0 Å². The van der Waals surface area contributed by atoms with E-state index in [1.54, 1.807) is 6.20 Å². The largest absolute Gasteiger partial charge is 0.465 e. The van der Waals surface area contributed by atoms with Gasteiger partial charge in [-0.05, 0) is 72.2 Å². The van der Waals surface area contributed by atoms with Crippen LogP contribution in [0, 0.1) is 0 Å². The number of imidazole rings is 1. The summed E-state index contributed by atoms with van der Waals surface area (Å²) in [4.78, 5) is 23.6. The molecule has 36 heavy (non-hydrogen) atoms. The second-order valence-electron chi connectivity index (χ2n) is 8.85.